The normalized spacial score (nSPS) is 22.6. The highest BCUT2D eigenvalue weighted by atomic mass is 16.5. The van der Waals surface area contributed by atoms with Crippen LogP contribution in [0.3, 0.4) is 0 Å². The van der Waals surface area contributed by atoms with E-state index >= 15 is 0 Å². The summed E-state index contributed by atoms with van der Waals surface area (Å²) >= 11 is 0. The molecule has 0 heterocycles. The third-order valence-electron chi connectivity index (χ3n) is 4.12. The number of hydrogen-bond acceptors (Lipinski definition) is 3. The van der Waals surface area contributed by atoms with Gasteiger partial charge in [-0.3, -0.25) is 9.59 Å². The van der Waals surface area contributed by atoms with Crippen molar-refractivity contribution in [3.8, 4) is 0 Å². The van der Waals surface area contributed by atoms with E-state index in [-0.39, 0.29) is 17.9 Å². The van der Waals surface area contributed by atoms with Gasteiger partial charge in [0, 0.05) is 24.9 Å². The van der Waals surface area contributed by atoms with Gasteiger partial charge in [-0.25, -0.2) is 0 Å². The molecular weight excluding hydrogens is 254 g/mol. The van der Waals surface area contributed by atoms with Gasteiger partial charge in [0.25, 0.3) is 0 Å². The fraction of sp³-hybridized carbons (Fsp3) is 0.875. The Balaban J connectivity index is 2.47. The van der Waals surface area contributed by atoms with Crippen molar-refractivity contribution in [2.45, 2.75) is 78.3 Å². The van der Waals surface area contributed by atoms with Crippen LogP contribution in [-0.4, -0.2) is 35.5 Å². The molecule has 1 amide bonds. The second-order valence-corrected chi connectivity index (χ2v) is 5.93. The summed E-state index contributed by atoms with van der Waals surface area (Å²) in [5.41, 5.74) is 0. The van der Waals surface area contributed by atoms with Crippen LogP contribution in [0.5, 0.6) is 0 Å². The minimum Gasteiger partial charge on any atom is -0.466 e. The van der Waals surface area contributed by atoms with Gasteiger partial charge >= 0.3 is 5.97 Å². The summed E-state index contributed by atoms with van der Waals surface area (Å²) in [5, 5.41) is 0. The third kappa shape index (κ3) is 4.80. The monoisotopic (exact) mass is 283 g/mol. The van der Waals surface area contributed by atoms with Crippen molar-refractivity contribution in [2.75, 3.05) is 6.61 Å². The summed E-state index contributed by atoms with van der Waals surface area (Å²) < 4.78 is 5.01. The molecular formula is C16H29NO3. The molecule has 0 radical (unpaired) electrons. The smallest absolute Gasteiger partial charge is 0.306 e. The number of carbonyl (C=O) groups excluding carboxylic acids is 2. The van der Waals surface area contributed by atoms with E-state index < -0.39 is 0 Å². The van der Waals surface area contributed by atoms with Crippen molar-refractivity contribution in [3.63, 3.8) is 0 Å². The molecule has 1 fully saturated rings. The summed E-state index contributed by atoms with van der Waals surface area (Å²) in [6, 6.07) is 0.606. The fourth-order valence-corrected chi connectivity index (χ4v) is 3.18. The highest BCUT2D eigenvalue weighted by Crippen LogP contribution is 2.31. The van der Waals surface area contributed by atoms with Crippen molar-refractivity contribution < 1.29 is 14.3 Å². The average Bonchev–Trinajstić information content (AvgIpc) is 2.40. The Hall–Kier alpha value is -1.06. The number of nitrogens with zero attached hydrogens (tertiary/aromatic N) is 1. The third-order valence-corrected chi connectivity index (χ3v) is 4.12. The quantitative estimate of drug-likeness (QED) is 0.704. The van der Waals surface area contributed by atoms with Gasteiger partial charge in [0.2, 0.25) is 5.91 Å². The Morgan fingerprint density at radius 3 is 2.20 bits per heavy atom. The van der Waals surface area contributed by atoms with Crippen molar-refractivity contribution in [1.82, 2.24) is 4.90 Å². The molecule has 0 atom stereocenters. The molecule has 1 aliphatic carbocycles. The van der Waals surface area contributed by atoms with Gasteiger partial charge < -0.3 is 9.64 Å². The topological polar surface area (TPSA) is 46.6 Å². The molecule has 0 saturated heterocycles. The molecule has 0 N–H and O–H groups in total. The zero-order valence-electron chi connectivity index (χ0n) is 13.4. The van der Waals surface area contributed by atoms with E-state index in [1.54, 1.807) is 0 Å². The molecule has 1 aliphatic rings. The lowest BCUT2D eigenvalue weighted by atomic mass is 9.83. The zero-order valence-corrected chi connectivity index (χ0v) is 13.4. The molecule has 1 rings (SSSR count). The maximum absolute atomic E-state index is 12.0. The average molecular weight is 283 g/mol. The Kier molecular flexibility index (Phi) is 7.03. The maximum atomic E-state index is 12.0. The van der Waals surface area contributed by atoms with Gasteiger partial charge in [0.05, 0.1) is 6.61 Å². The molecule has 0 aromatic rings. The first-order valence-electron chi connectivity index (χ1n) is 7.96. The van der Waals surface area contributed by atoms with E-state index in [0.717, 1.165) is 25.7 Å². The van der Waals surface area contributed by atoms with E-state index in [4.69, 9.17) is 4.74 Å². The maximum Gasteiger partial charge on any atom is 0.306 e. The SMILES string of the molecule is CCOC(=O)CC1CCC(N(C(=O)CC)C(C)C)CC1. The molecule has 1 saturated carbocycles. The van der Waals surface area contributed by atoms with Crippen LogP contribution in [0.2, 0.25) is 0 Å². The summed E-state index contributed by atoms with van der Waals surface area (Å²) in [6.45, 7) is 8.38. The molecule has 4 nitrogen and oxygen atoms in total. The number of rotatable bonds is 6. The summed E-state index contributed by atoms with van der Waals surface area (Å²) in [7, 11) is 0. The molecule has 4 heteroatoms. The van der Waals surface area contributed by atoms with Crippen LogP contribution in [0, 0.1) is 5.92 Å². The zero-order chi connectivity index (χ0) is 15.1. The van der Waals surface area contributed by atoms with Gasteiger partial charge in [-0.15, -0.1) is 0 Å². The lowest BCUT2D eigenvalue weighted by molar-refractivity contribution is -0.145. The lowest BCUT2D eigenvalue weighted by Gasteiger charge is -2.39. The largest absolute Gasteiger partial charge is 0.466 e. The minimum absolute atomic E-state index is 0.0821. The van der Waals surface area contributed by atoms with Crippen LogP contribution in [0.15, 0.2) is 0 Å². The molecule has 20 heavy (non-hydrogen) atoms. The Morgan fingerprint density at radius 1 is 1.15 bits per heavy atom. The van der Waals surface area contributed by atoms with E-state index in [1.165, 1.54) is 0 Å². The Morgan fingerprint density at radius 2 is 1.75 bits per heavy atom. The van der Waals surface area contributed by atoms with Crippen molar-refractivity contribution >= 4 is 11.9 Å². The second-order valence-electron chi connectivity index (χ2n) is 5.93. The number of esters is 1. The first-order chi connectivity index (χ1) is 9.49. The predicted molar refractivity (Wildman–Crippen MR) is 79.3 cm³/mol. The summed E-state index contributed by atoms with van der Waals surface area (Å²) in [4.78, 5) is 25.6. The van der Waals surface area contributed by atoms with Crippen LogP contribution >= 0.6 is 0 Å². The molecule has 0 aromatic heterocycles. The molecule has 116 valence electrons. The van der Waals surface area contributed by atoms with Crippen LogP contribution in [0.4, 0.5) is 0 Å². The Labute approximate surface area is 122 Å². The van der Waals surface area contributed by atoms with E-state index in [1.807, 2.05) is 18.7 Å². The molecule has 0 aliphatic heterocycles. The first kappa shape index (κ1) is 17.0. The first-order valence-corrected chi connectivity index (χ1v) is 7.96. The van der Waals surface area contributed by atoms with Crippen LogP contribution in [-0.2, 0) is 14.3 Å². The number of ether oxygens (including phenoxy) is 1. The summed E-state index contributed by atoms with van der Waals surface area (Å²) in [6.07, 6.45) is 5.15. The van der Waals surface area contributed by atoms with Gasteiger partial charge in [0.1, 0.15) is 0 Å². The molecule has 0 aromatic carbocycles. The summed E-state index contributed by atoms with van der Waals surface area (Å²) in [5.74, 6) is 0.589. The van der Waals surface area contributed by atoms with Crippen molar-refractivity contribution in [3.05, 3.63) is 0 Å². The van der Waals surface area contributed by atoms with Crippen LogP contribution in [0.1, 0.15) is 66.2 Å². The number of amides is 1. The lowest BCUT2D eigenvalue weighted by Crippen LogP contribution is -2.46. The highest BCUT2D eigenvalue weighted by molar-refractivity contribution is 5.76. The van der Waals surface area contributed by atoms with Crippen molar-refractivity contribution in [1.29, 1.82) is 0 Å². The van der Waals surface area contributed by atoms with Crippen LogP contribution in [0.25, 0.3) is 0 Å². The van der Waals surface area contributed by atoms with Gasteiger partial charge in [-0.1, -0.05) is 6.92 Å². The predicted octanol–water partition coefficient (Wildman–Crippen LogP) is 3.15. The van der Waals surface area contributed by atoms with E-state index in [2.05, 4.69) is 13.8 Å². The fourth-order valence-electron chi connectivity index (χ4n) is 3.18. The highest BCUT2D eigenvalue weighted by Gasteiger charge is 2.30. The standard InChI is InChI=1S/C16H29NO3/c1-5-15(18)17(12(3)4)14-9-7-13(8-10-14)11-16(19)20-6-2/h12-14H,5-11H2,1-4H3. The van der Waals surface area contributed by atoms with E-state index in [0.29, 0.717) is 31.4 Å². The molecule has 0 spiro atoms. The van der Waals surface area contributed by atoms with Crippen molar-refractivity contribution in [2.24, 2.45) is 5.92 Å². The molecule has 0 bridgehead atoms. The second kappa shape index (κ2) is 8.28. The number of hydrogen-bond donors (Lipinski definition) is 0. The van der Waals surface area contributed by atoms with Gasteiger partial charge in [-0.05, 0) is 52.4 Å². The Bertz CT molecular complexity index is 320. The van der Waals surface area contributed by atoms with E-state index in [9.17, 15) is 9.59 Å². The van der Waals surface area contributed by atoms with Gasteiger partial charge in [0.15, 0.2) is 0 Å². The minimum atomic E-state index is -0.0821. The van der Waals surface area contributed by atoms with Gasteiger partial charge in [-0.2, -0.15) is 0 Å². The van der Waals surface area contributed by atoms with Crippen LogP contribution < -0.4 is 0 Å². The molecule has 0 unspecified atom stereocenters. The number of carbonyl (C=O) groups is 2.